The minimum absolute atomic E-state index is 0.259. The molecule has 0 unspecified atom stereocenters. The number of ether oxygens (including phenoxy) is 1. The third-order valence-electron chi connectivity index (χ3n) is 2.55. The first kappa shape index (κ1) is 12.5. The van der Waals surface area contributed by atoms with Gasteiger partial charge in [-0.05, 0) is 24.8 Å². The molecular weight excluding hydrogens is 200 g/mol. The summed E-state index contributed by atoms with van der Waals surface area (Å²) in [5.41, 5.74) is 2.43. The summed E-state index contributed by atoms with van der Waals surface area (Å²) in [5.74, 6) is -0.259. The van der Waals surface area contributed by atoms with Crippen LogP contribution in [0.5, 0.6) is 0 Å². The average molecular weight is 218 g/mol. The molecule has 0 atom stereocenters. The number of benzene rings is 1. The van der Waals surface area contributed by atoms with Gasteiger partial charge in [0.25, 0.3) is 0 Å². The number of hydrogen-bond acceptors (Lipinski definition) is 2. The van der Waals surface area contributed by atoms with E-state index in [4.69, 9.17) is 0 Å². The van der Waals surface area contributed by atoms with Gasteiger partial charge in [-0.3, -0.25) is 0 Å². The third kappa shape index (κ3) is 4.30. The van der Waals surface area contributed by atoms with Crippen molar-refractivity contribution in [3.63, 3.8) is 0 Å². The molecule has 2 nitrogen and oxygen atoms in total. The van der Waals surface area contributed by atoms with Crippen molar-refractivity contribution in [2.24, 2.45) is 0 Å². The van der Waals surface area contributed by atoms with E-state index in [0.717, 1.165) is 24.8 Å². The number of methoxy groups -OCH3 is 1. The zero-order valence-corrected chi connectivity index (χ0v) is 9.90. The maximum Gasteiger partial charge on any atom is 0.330 e. The zero-order chi connectivity index (χ0) is 11.8. The van der Waals surface area contributed by atoms with Crippen LogP contribution in [0.25, 0.3) is 0 Å². The van der Waals surface area contributed by atoms with Crippen LogP contribution in [0, 0.1) is 0 Å². The van der Waals surface area contributed by atoms with E-state index in [0.29, 0.717) is 0 Å². The summed E-state index contributed by atoms with van der Waals surface area (Å²) in [7, 11) is 1.41. The molecule has 1 aromatic carbocycles. The Hall–Kier alpha value is -1.57. The molecule has 0 amide bonds. The van der Waals surface area contributed by atoms with Gasteiger partial charge < -0.3 is 4.74 Å². The molecule has 0 saturated heterocycles. The van der Waals surface area contributed by atoms with E-state index in [-0.39, 0.29) is 5.97 Å². The van der Waals surface area contributed by atoms with Crippen LogP contribution in [0.3, 0.4) is 0 Å². The van der Waals surface area contributed by atoms with Crippen molar-refractivity contribution < 1.29 is 9.53 Å². The minimum Gasteiger partial charge on any atom is -0.466 e. The summed E-state index contributed by atoms with van der Waals surface area (Å²) in [4.78, 5) is 11.1. The SMILES string of the molecule is CC/C(=C/C(=O)OC)CCc1ccccc1. The van der Waals surface area contributed by atoms with E-state index >= 15 is 0 Å². The van der Waals surface area contributed by atoms with Gasteiger partial charge in [0.05, 0.1) is 7.11 Å². The van der Waals surface area contributed by atoms with Crippen molar-refractivity contribution in [1.82, 2.24) is 0 Å². The van der Waals surface area contributed by atoms with Gasteiger partial charge in [-0.1, -0.05) is 42.8 Å². The fourth-order valence-electron chi connectivity index (χ4n) is 1.53. The fraction of sp³-hybridized carbons (Fsp3) is 0.357. The van der Waals surface area contributed by atoms with Crippen molar-refractivity contribution in [1.29, 1.82) is 0 Å². The molecule has 0 N–H and O–H groups in total. The van der Waals surface area contributed by atoms with Crippen LogP contribution in [-0.4, -0.2) is 13.1 Å². The van der Waals surface area contributed by atoms with E-state index < -0.39 is 0 Å². The standard InChI is InChI=1S/C14H18O2/c1-3-12(11-14(15)16-2)9-10-13-7-5-4-6-8-13/h4-8,11H,3,9-10H2,1-2H3/b12-11-. The van der Waals surface area contributed by atoms with Crippen LogP contribution in [-0.2, 0) is 16.0 Å². The van der Waals surface area contributed by atoms with Crippen LogP contribution in [0.4, 0.5) is 0 Å². The van der Waals surface area contributed by atoms with Crippen molar-refractivity contribution in [2.45, 2.75) is 26.2 Å². The predicted octanol–water partition coefficient (Wildman–Crippen LogP) is 3.13. The monoisotopic (exact) mass is 218 g/mol. The van der Waals surface area contributed by atoms with Crippen molar-refractivity contribution in [2.75, 3.05) is 7.11 Å². The smallest absolute Gasteiger partial charge is 0.330 e. The highest BCUT2D eigenvalue weighted by atomic mass is 16.5. The van der Waals surface area contributed by atoms with E-state index in [1.165, 1.54) is 12.7 Å². The van der Waals surface area contributed by atoms with Gasteiger partial charge in [-0.2, -0.15) is 0 Å². The highest BCUT2D eigenvalue weighted by molar-refractivity contribution is 5.82. The first-order chi connectivity index (χ1) is 7.76. The average Bonchev–Trinajstić information content (AvgIpc) is 2.35. The van der Waals surface area contributed by atoms with Gasteiger partial charge in [0, 0.05) is 6.08 Å². The lowest BCUT2D eigenvalue weighted by atomic mass is 10.0. The fourth-order valence-corrected chi connectivity index (χ4v) is 1.53. The second-order valence-electron chi connectivity index (χ2n) is 3.66. The van der Waals surface area contributed by atoms with Gasteiger partial charge in [-0.15, -0.1) is 0 Å². The molecule has 0 aliphatic carbocycles. The predicted molar refractivity (Wildman–Crippen MR) is 65.2 cm³/mol. The maximum atomic E-state index is 11.1. The number of aryl methyl sites for hydroxylation is 1. The molecule has 1 rings (SSSR count). The number of rotatable bonds is 5. The number of carbonyl (C=O) groups is 1. The second-order valence-corrected chi connectivity index (χ2v) is 3.66. The van der Waals surface area contributed by atoms with Crippen molar-refractivity contribution in [3.05, 3.63) is 47.5 Å². The molecule has 1 aromatic rings. The molecule has 0 fully saturated rings. The lowest BCUT2D eigenvalue weighted by Crippen LogP contribution is -1.98. The normalized spacial score (nSPS) is 11.2. The quantitative estimate of drug-likeness (QED) is 0.560. The van der Waals surface area contributed by atoms with Gasteiger partial charge in [0.1, 0.15) is 0 Å². The van der Waals surface area contributed by atoms with Gasteiger partial charge >= 0.3 is 5.97 Å². The van der Waals surface area contributed by atoms with E-state index in [2.05, 4.69) is 23.8 Å². The second kappa shape index (κ2) is 6.83. The van der Waals surface area contributed by atoms with E-state index in [1.54, 1.807) is 6.08 Å². The molecule has 0 aliphatic heterocycles. The molecule has 0 aliphatic rings. The molecular formula is C14H18O2. The summed E-state index contributed by atoms with van der Waals surface area (Å²) in [6, 6.07) is 10.3. The third-order valence-corrected chi connectivity index (χ3v) is 2.55. The van der Waals surface area contributed by atoms with Crippen LogP contribution < -0.4 is 0 Å². The summed E-state index contributed by atoms with van der Waals surface area (Å²) in [5, 5.41) is 0. The maximum absolute atomic E-state index is 11.1. The van der Waals surface area contributed by atoms with Gasteiger partial charge in [0.15, 0.2) is 0 Å². The Bertz CT molecular complexity index is 352. The Morgan fingerprint density at radius 1 is 1.31 bits per heavy atom. The Morgan fingerprint density at radius 3 is 2.56 bits per heavy atom. The highest BCUT2D eigenvalue weighted by Crippen LogP contribution is 2.12. The van der Waals surface area contributed by atoms with Crippen LogP contribution >= 0.6 is 0 Å². The minimum atomic E-state index is -0.259. The first-order valence-corrected chi connectivity index (χ1v) is 5.57. The number of allylic oxidation sites excluding steroid dienone is 1. The topological polar surface area (TPSA) is 26.3 Å². The van der Waals surface area contributed by atoms with Crippen LogP contribution in [0.2, 0.25) is 0 Å². The summed E-state index contributed by atoms with van der Waals surface area (Å²) in [6.45, 7) is 2.06. The Morgan fingerprint density at radius 2 is 2.00 bits per heavy atom. The van der Waals surface area contributed by atoms with Gasteiger partial charge in [0.2, 0.25) is 0 Å². The van der Waals surface area contributed by atoms with Crippen LogP contribution in [0.15, 0.2) is 42.0 Å². The van der Waals surface area contributed by atoms with E-state index in [1.807, 2.05) is 18.2 Å². The molecule has 2 heteroatoms. The molecule has 86 valence electrons. The first-order valence-electron chi connectivity index (χ1n) is 5.57. The largest absolute Gasteiger partial charge is 0.466 e. The Labute approximate surface area is 96.9 Å². The summed E-state index contributed by atoms with van der Waals surface area (Å²) >= 11 is 0. The molecule has 0 aromatic heterocycles. The Kier molecular flexibility index (Phi) is 5.34. The number of esters is 1. The number of carbonyl (C=O) groups excluding carboxylic acids is 1. The lowest BCUT2D eigenvalue weighted by Gasteiger charge is -2.04. The van der Waals surface area contributed by atoms with Crippen LogP contribution in [0.1, 0.15) is 25.3 Å². The molecule has 0 heterocycles. The summed E-state index contributed by atoms with van der Waals surface area (Å²) < 4.78 is 4.62. The molecule has 16 heavy (non-hydrogen) atoms. The zero-order valence-electron chi connectivity index (χ0n) is 9.90. The molecule has 0 saturated carbocycles. The Balaban J connectivity index is 2.52. The van der Waals surface area contributed by atoms with Gasteiger partial charge in [-0.25, -0.2) is 4.79 Å². The summed E-state index contributed by atoms with van der Waals surface area (Å²) in [6.07, 6.45) is 4.37. The van der Waals surface area contributed by atoms with E-state index in [9.17, 15) is 4.79 Å². The molecule has 0 radical (unpaired) electrons. The molecule has 0 spiro atoms. The lowest BCUT2D eigenvalue weighted by molar-refractivity contribution is -0.134. The van der Waals surface area contributed by atoms with Crippen molar-refractivity contribution in [3.8, 4) is 0 Å². The molecule has 0 bridgehead atoms. The highest BCUT2D eigenvalue weighted by Gasteiger charge is 2.00. The van der Waals surface area contributed by atoms with Crippen molar-refractivity contribution >= 4 is 5.97 Å². The number of hydrogen-bond donors (Lipinski definition) is 0.